The molecule has 0 aliphatic rings. The van der Waals surface area contributed by atoms with E-state index in [0.717, 1.165) is 27.2 Å². The van der Waals surface area contributed by atoms with Gasteiger partial charge < -0.3 is 0 Å². The highest BCUT2D eigenvalue weighted by Crippen LogP contribution is 2.18. The summed E-state index contributed by atoms with van der Waals surface area (Å²) < 4.78 is 1.79. The van der Waals surface area contributed by atoms with Gasteiger partial charge in [0.15, 0.2) is 0 Å². The summed E-state index contributed by atoms with van der Waals surface area (Å²) in [5, 5.41) is 2.83. The molecule has 2 aromatic carbocycles. The zero-order valence-corrected chi connectivity index (χ0v) is 10.2. The minimum Gasteiger partial charge on any atom is -0.276 e. The highest BCUT2D eigenvalue weighted by molar-refractivity contribution is 5.90. The molecule has 0 radical (unpaired) electrons. The Morgan fingerprint density at radius 2 is 1.47 bits per heavy atom. The number of para-hydroxylation sites is 1. The van der Waals surface area contributed by atoms with Gasteiger partial charge in [0.1, 0.15) is 0 Å². The van der Waals surface area contributed by atoms with Crippen LogP contribution in [0.4, 0.5) is 0 Å². The van der Waals surface area contributed by atoms with Gasteiger partial charge in [0.05, 0.1) is 5.52 Å². The normalized spacial score (nSPS) is 11.4. The van der Waals surface area contributed by atoms with Gasteiger partial charge >= 0.3 is 0 Å². The Balaban J connectivity index is 2.37. The Kier molecular flexibility index (Phi) is 2.00. The number of aromatic nitrogens is 1. The molecule has 0 saturated heterocycles. The number of nitrogens with zero attached hydrogens (tertiary/aromatic N) is 1. The van der Waals surface area contributed by atoms with Crippen LogP contribution in [0.15, 0.2) is 71.5 Å². The largest absolute Gasteiger partial charge is 0.276 e. The van der Waals surface area contributed by atoms with Gasteiger partial charge in [-0.25, -0.2) is 0 Å². The van der Waals surface area contributed by atoms with Crippen molar-refractivity contribution >= 4 is 27.2 Å². The van der Waals surface area contributed by atoms with Gasteiger partial charge in [0.2, 0.25) is 0 Å². The fourth-order valence-corrected chi connectivity index (χ4v) is 2.66. The van der Waals surface area contributed by atoms with Crippen molar-refractivity contribution in [2.75, 3.05) is 0 Å². The van der Waals surface area contributed by atoms with E-state index in [1.807, 2.05) is 54.6 Å². The number of fused-ring (bicyclic) bond motifs is 4. The van der Waals surface area contributed by atoms with Crippen molar-refractivity contribution in [1.29, 1.82) is 0 Å². The van der Waals surface area contributed by atoms with Crippen LogP contribution in [-0.2, 0) is 0 Å². The zero-order chi connectivity index (χ0) is 12.8. The van der Waals surface area contributed by atoms with Crippen LogP contribution in [0.3, 0.4) is 0 Å². The molecule has 0 bridgehead atoms. The molecule has 0 amide bonds. The van der Waals surface area contributed by atoms with Crippen molar-refractivity contribution < 1.29 is 0 Å². The molecular formula is C17H11NO. The Morgan fingerprint density at radius 1 is 0.737 bits per heavy atom. The molecule has 0 fully saturated rings. The molecule has 0 N–H and O–H groups in total. The molecule has 2 aromatic heterocycles. The standard InChI is InChI=1S/C17H11NO/c19-17-15-7-3-1-6-13(15)11-14-10-9-12-5-2-4-8-16(12)18(14)17/h1-11H. The molecule has 19 heavy (non-hydrogen) atoms. The molecule has 2 heteroatoms. The lowest BCUT2D eigenvalue weighted by Crippen LogP contribution is -2.14. The minimum absolute atomic E-state index is 0.0462. The number of rotatable bonds is 0. The SMILES string of the molecule is O=c1c2ccccc2cc2ccc3ccccc3n12. The summed E-state index contributed by atoms with van der Waals surface area (Å²) in [4.78, 5) is 12.7. The van der Waals surface area contributed by atoms with E-state index in [1.165, 1.54) is 0 Å². The van der Waals surface area contributed by atoms with Crippen LogP contribution in [0.1, 0.15) is 0 Å². The van der Waals surface area contributed by atoms with Crippen molar-refractivity contribution in [3.05, 3.63) is 77.1 Å². The number of pyridine rings is 2. The van der Waals surface area contributed by atoms with Gasteiger partial charge in [0, 0.05) is 10.9 Å². The number of benzene rings is 2. The van der Waals surface area contributed by atoms with Gasteiger partial charge in [-0.05, 0) is 35.0 Å². The summed E-state index contributed by atoms with van der Waals surface area (Å²) in [6.07, 6.45) is 0. The van der Waals surface area contributed by atoms with Gasteiger partial charge in [-0.2, -0.15) is 0 Å². The van der Waals surface area contributed by atoms with Crippen molar-refractivity contribution in [1.82, 2.24) is 4.40 Å². The maximum atomic E-state index is 12.7. The summed E-state index contributed by atoms with van der Waals surface area (Å²) in [7, 11) is 0. The van der Waals surface area contributed by atoms with Crippen LogP contribution in [0, 0.1) is 0 Å². The predicted octanol–water partition coefficient (Wildman–Crippen LogP) is 3.61. The van der Waals surface area contributed by atoms with Gasteiger partial charge in [-0.3, -0.25) is 9.20 Å². The molecule has 0 saturated carbocycles. The lowest BCUT2D eigenvalue weighted by Gasteiger charge is -2.07. The third-order valence-electron chi connectivity index (χ3n) is 3.57. The quantitative estimate of drug-likeness (QED) is 0.342. The molecule has 0 atom stereocenters. The average Bonchev–Trinajstić information content (AvgIpc) is 2.47. The second-order valence-corrected chi connectivity index (χ2v) is 4.69. The van der Waals surface area contributed by atoms with E-state index in [0.29, 0.717) is 0 Å². The van der Waals surface area contributed by atoms with Crippen molar-refractivity contribution in [2.24, 2.45) is 0 Å². The van der Waals surface area contributed by atoms with E-state index in [1.54, 1.807) is 4.40 Å². The molecule has 2 heterocycles. The first kappa shape index (κ1) is 10.3. The Bertz CT molecular complexity index is 982. The number of hydrogen-bond donors (Lipinski definition) is 0. The van der Waals surface area contributed by atoms with Crippen molar-refractivity contribution in [2.45, 2.75) is 0 Å². The molecule has 0 aliphatic carbocycles. The first-order chi connectivity index (χ1) is 9.34. The summed E-state index contributed by atoms with van der Waals surface area (Å²) in [5.74, 6) is 0. The predicted molar refractivity (Wildman–Crippen MR) is 78.7 cm³/mol. The van der Waals surface area contributed by atoms with Crippen LogP contribution in [0.25, 0.3) is 27.2 Å². The molecular weight excluding hydrogens is 234 g/mol. The molecule has 4 aromatic rings. The van der Waals surface area contributed by atoms with Crippen LogP contribution < -0.4 is 5.56 Å². The molecule has 0 spiro atoms. The average molecular weight is 245 g/mol. The fraction of sp³-hybridized carbons (Fsp3) is 0. The fourth-order valence-electron chi connectivity index (χ4n) is 2.66. The van der Waals surface area contributed by atoms with E-state index >= 15 is 0 Å². The number of hydrogen-bond acceptors (Lipinski definition) is 1. The van der Waals surface area contributed by atoms with Gasteiger partial charge in [-0.1, -0.05) is 42.5 Å². The van der Waals surface area contributed by atoms with E-state index in [2.05, 4.69) is 12.1 Å². The van der Waals surface area contributed by atoms with E-state index < -0.39 is 0 Å². The molecule has 90 valence electrons. The zero-order valence-electron chi connectivity index (χ0n) is 10.2. The maximum Gasteiger partial charge on any atom is 0.263 e. The van der Waals surface area contributed by atoms with Crippen LogP contribution >= 0.6 is 0 Å². The third kappa shape index (κ3) is 1.40. The van der Waals surface area contributed by atoms with Crippen LogP contribution in [0.5, 0.6) is 0 Å². The summed E-state index contributed by atoms with van der Waals surface area (Å²) in [6.45, 7) is 0. The monoisotopic (exact) mass is 245 g/mol. The highest BCUT2D eigenvalue weighted by atomic mass is 16.1. The maximum absolute atomic E-state index is 12.7. The summed E-state index contributed by atoms with van der Waals surface area (Å²) in [5.41, 5.74) is 1.93. The minimum atomic E-state index is 0.0462. The van der Waals surface area contributed by atoms with Gasteiger partial charge in [0.25, 0.3) is 5.56 Å². The lowest BCUT2D eigenvalue weighted by molar-refractivity contribution is 1.18. The van der Waals surface area contributed by atoms with E-state index in [-0.39, 0.29) is 5.56 Å². The summed E-state index contributed by atoms with van der Waals surface area (Å²) >= 11 is 0. The topological polar surface area (TPSA) is 21.5 Å². The second kappa shape index (κ2) is 3.69. The van der Waals surface area contributed by atoms with Crippen LogP contribution in [-0.4, -0.2) is 4.40 Å². The first-order valence-electron chi connectivity index (χ1n) is 6.27. The van der Waals surface area contributed by atoms with Crippen LogP contribution in [0.2, 0.25) is 0 Å². The highest BCUT2D eigenvalue weighted by Gasteiger charge is 2.05. The van der Waals surface area contributed by atoms with Gasteiger partial charge in [-0.15, -0.1) is 0 Å². The Hall–Kier alpha value is -2.61. The molecule has 2 nitrogen and oxygen atoms in total. The molecule has 0 aliphatic heterocycles. The molecule has 4 rings (SSSR count). The lowest BCUT2D eigenvalue weighted by atomic mass is 10.1. The van der Waals surface area contributed by atoms with Crippen molar-refractivity contribution in [3.8, 4) is 0 Å². The van der Waals surface area contributed by atoms with E-state index in [4.69, 9.17) is 0 Å². The Morgan fingerprint density at radius 3 is 2.37 bits per heavy atom. The third-order valence-corrected chi connectivity index (χ3v) is 3.57. The molecule has 0 unspecified atom stereocenters. The summed E-state index contributed by atoms with van der Waals surface area (Å²) in [6, 6.07) is 21.8. The first-order valence-corrected chi connectivity index (χ1v) is 6.27. The van der Waals surface area contributed by atoms with Crippen molar-refractivity contribution in [3.63, 3.8) is 0 Å². The smallest absolute Gasteiger partial charge is 0.263 e. The van der Waals surface area contributed by atoms with E-state index in [9.17, 15) is 4.79 Å². The second-order valence-electron chi connectivity index (χ2n) is 4.69. The Labute approximate surface area is 109 Å².